The van der Waals surface area contributed by atoms with Crippen LogP contribution >= 0.6 is 11.6 Å². The third kappa shape index (κ3) is 5.29. The molecule has 2 heterocycles. The fraction of sp³-hybridized carbons (Fsp3) is 0.240. The van der Waals surface area contributed by atoms with Gasteiger partial charge in [-0.05, 0) is 46.9 Å². The number of aromatic nitrogens is 1. The highest BCUT2D eigenvalue weighted by Gasteiger charge is 2.30. The van der Waals surface area contributed by atoms with E-state index in [1.165, 1.54) is 0 Å². The van der Waals surface area contributed by atoms with Gasteiger partial charge in [-0.1, -0.05) is 48.0 Å². The molecular weight excluding hydrogens is 408 g/mol. The van der Waals surface area contributed by atoms with Gasteiger partial charge in [0.05, 0.1) is 17.7 Å². The molecule has 6 heteroatoms. The molecule has 0 radical (unpaired) electrons. The molecule has 0 saturated carbocycles. The highest BCUT2D eigenvalue weighted by Crippen LogP contribution is 2.21. The second kappa shape index (κ2) is 9.74. The highest BCUT2D eigenvalue weighted by atomic mass is 35.5. The number of carbonyl (C=O) groups is 1. The quantitative estimate of drug-likeness (QED) is 0.613. The Hall–Kier alpha value is -3.20. The zero-order valence-corrected chi connectivity index (χ0v) is 17.8. The van der Waals surface area contributed by atoms with E-state index < -0.39 is 0 Å². The molecule has 0 bridgehead atoms. The van der Waals surface area contributed by atoms with Gasteiger partial charge in [-0.25, -0.2) is 0 Å². The molecule has 1 aliphatic heterocycles. The number of nitriles is 1. The number of pyridine rings is 1. The minimum absolute atomic E-state index is 0.0640. The Morgan fingerprint density at radius 2 is 1.87 bits per heavy atom. The maximum atomic E-state index is 12.4. The zero-order valence-electron chi connectivity index (χ0n) is 17.1. The summed E-state index contributed by atoms with van der Waals surface area (Å²) in [6.07, 6.45) is 5.10. The number of nitrogens with one attached hydrogen (secondary N) is 1. The van der Waals surface area contributed by atoms with Crippen LogP contribution in [-0.4, -0.2) is 28.4 Å². The van der Waals surface area contributed by atoms with Gasteiger partial charge in [0.25, 0.3) is 0 Å². The van der Waals surface area contributed by atoms with Crippen LogP contribution < -0.4 is 5.32 Å². The minimum Gasteiger partial charge on any atom is -0.355 e. The van der Waals surface area contributed by atoms with Crippen molar-refractivity contribution in [2.24, 2.45) is 0 Å². The van der Waals surface area contributed by atoms with Crippen molar-refractivity contribution in [1.29, 1.82) is 5.26 Å². The highest BCUT2D eigenvalue weighted by molar-refractivity contribution is 6.30. The molecule has 1 fully saturated rings. The van der Waals surface area contributed by atoms with E-state index >= 15 is 0 Å². The lowest BCUT2D eigenvalue weighted by molar-refractivity contribution is -0.124. The molecule has 1 aromatic heterocycles. The van der Waals surface area contributed by atoms with E-state index in [0.717, 1.165) is 28.7 Å². The number of benzene rings is 2. The lowest BCUT2D eigenvalue weighted by Gasteiger charge is -2.27. The molecular formula is C25H23ClN4O. The monoisotopic (exact) mass is 430 g/mol. The van der Waals surface area contributed by atoms with Crippen molar-refractivity contribution >= 4 is 17.5 Å². The summed E-state index contributed by atoms with van der Waals surface area (Å²) in [5, 5.41) is 13.0. The van der Waals surface area contributed by atoms with E-state index in [-0.39, 0.29) is 11.9 Å². The van der Waals surface area contributed by atoms with Crippen LogP contribution in [0.5, 0.6) is 0 Å². The SMILES string of the molecule is N#Cc1ccccc1Cc1cncc(CN(Cc2cccc(Cl)c2)C2CCNC2=O)c1. The van der Waals surface area contributed by atoms with Crippen molar-refractivity contribution in [2.75, 3.05) is 6.54 Å². The normalized spacial score (nSPS) is 15.6. The maximum absolute atomic E-state index is 12.4. The summed E-state index contributed by atoms with van der Waals surface area (Å²) in [7, 11) is 0. The van der Waals surface area contributed by atoms with Gasteiger partial charge in [-0.2, -0.15) is 5.26 Å². The molecule has 1 aliphatic rings. The Balaban J connectivity index is 1.56. The van der Waals surface area contributed by atoms with Gasteiger partial charge in [0.15, 0.2) is 0 Å². The van der Waals surface area contributed by atoms with Crippen LogP contribution in [0.3, 0.4) is 0 Å². The molecule has 0 spiro atoms. The predicted octanol–water partition coefficient (Wildman–Crippen LogP) is 4.09. The molecule has 1 atom stereocenters. The first-order chi connectivity index (χ1) is 15.1. The smallest absolute Gasteiger partial charge is 0.237 e. The van der Waals surface area contributed by atoms with E-state index in [2.05, 4.69) is 27.3 Å². The lowest BCUT2D eigenvalue weighted by atomic mass is 10.0. The van der Waals surface area contributed by atoms with Crippen molar-refractivity contribution in [3.63, 3.8) is 0 Å². The Morgan fingerprint density at radius 1 is 1.06 bits per heavy atom. The topological polar surface area (TPSA) is 69.0 Å². The van der Waals surface area contributed by atoms with Crippen LogP contribution in [0, 0.1) is 11.3 Å². The second-order valence-electron chi connectivity index (χ2n) is 7.78. The van der Waals surface area contributed by atoms with Gasteiger partial charge in [0.2, 0.25) is 5.91 Å². The molecule has 1 unspecified atom stereocenters. The van der Waals surface area contributed by atoms with E-state index in [0.29, 0.717) is 36.6 Å². The number of hydrogen-bond acceptors (Lipinski definition) is 4. The van der Waals surface area contributed by atoms with Crippen LogP contribution in [0.2, 0.25) is 5.02 Å². The van der Waals surface area contributed by atoms with E-state index in [4.69, 9.17) is 11.6 Å². The molecule has 0 aliphatic carbocycles. The lowest BCUT2D eigenvalue weighted by Crippen LogP contribution is -2.39. The van der Waals surface area contributed by atoms with Gasteiger partial charge >= 0.3 is 0 Å². The fourth-order valence-electron chi connectivity index (χ4n) is 4.04. The van der Waals surface area contributed by atoms with Gasteiger partial charge in [-0.15, -0.1) is 0 Å². The molecule has 2 aromatic carbocycles. The zero-order chi connectivity index (χ0) is 21.6. The Bertz CT molecular complexity index is 1120. The molecule has 3 aromatic rings. The number of hydrogen-bond donors (Lipinski definition) is 1. The summed E-state index contributed by atoms with van der Waals surface area (Å²) in [5.74, 6) is 0.0640. The molecule has 1 saturated heterocycles. The minimum atomic E-state index is -0.179. The summed E-state index contributed by atoms with van der Waals surface area (Å²) in [5.41, 5.74) is 4.81. The molecule has 1 amide bonds. The van der Waals surface area contributed by atoms with E-state index in [1.54, 1.807) is 0 Å². The van der Waals surface area contributed by atoms with Crippen LogP contribution in [0.1, 0.15) is 34.2 Å². The maximum Gasteiger partial charge on any atom is 0.237 e. The first-order valence-corrected chi connectivity index (χ1v) is 10.7. The standard InChI is InChI=1S/C25H23ClN4O/c26-23-7-3-4-18(12-23)16-30(24-8-9-29-25(24)31)17-20-10-19(14-28-15-20)11-21-5-1-2-6-22(21)13-27/h1-7,10,12,14-15,24H,8-9,11,16-17H2,(H,29,31). The van der Waals surface area contributed by atoms with Crippen LogP contribution in [0.25, 0.3) is 0 Å². The number of rotatable bonds is 7. The van der Waals surface area contributed by atoms with Crippen LogP contribution in [-0.2, 0) is 24.3 Å². The summed E-state index contributed by atoms with van der Waals surface area (Å²) in [6.45, 7) is 1.92. The summed E-state index contributed by atoms with van der Waals surface area (Å²) >= 11 is 6.17. The molecule has 5 nitrogen and oxygen atoms in total. The molecule has 4 rings (SSSR count). The molecule has 1 N–H and O–H groups in total. The average molecular weight is 431 g/mol. The number of amides is 1. The van der Waals surface area contributed by atoms with Gasteiger partial charge in [0, 0.05) is 43.5 Å². The van der Waals surface area contributed by atoms with E-state index in [1.807, 2.05) is 60.9 Å². The van der Waals surface area contributed by atoms with Gasteiger partial charge in [-0.3, -0.25) is 14.7 Å². The van der Waals surface area contributed by atoms with Gasteiger partial charge in [0.1, 0.15) is 0 Å². The third-order valence-corrected chi connectivity index (χ3v) is 5.74. The van der Waals surface area contributed by atoms with Crippen molar-refractivity contribution in [3.05, 3.63) is 99.8 Å². The Labute approximate surface area is 187 Å². The molecule has 31 heavy (non-hydrogen) atoms. The first-order valence-electron chi connectivity index (χ1n) is 10.3. The largest absolute Gasteiger partial charge is 0.355 e. The fourth-order valence-corrected chi connectivity index (χ4v) is 4.25. The number of nitrogens with zero attached hydrogens (tertiary/aromatic N) is 3. The number of carbonyl (C=O) groups excluding carboxylic acids is 1. The second-order valence-corrected chi connectivity index (χ2v) is 8.21. The van der Waals surface area contributed by atoms with Crippen LogP contribution in [0.15, 0.2) is 67.0 Å². The predicted molar refractivity (Wildman–Crippen MR) is 120 cm³/mol. The third-order valence-electron chi connectivity index (χ3n) is 5.50. The van der Waals surface area contributed by atoms with Crippen molar-refractivity contribution in [3.8, 4) is 6.07 Å². The van der Waals surface area contributed by atoms with Crippen LogP contribution in [0.4, 0.5) is 0 Å². The Kier molecular flexibility index (Phi) is 6.61. The van der Waals surface area contributed by atoms with Crippen molar-refractivity contribution in [2.45, 2.75) is 32.0 Å². The summed E-state index contributed by atoms with van der Waals surface area (Å²) < 4.78 is 0. The average Bonchev–Trinajstić information content (AvgIpc) is 3.20. The van der Waals surface area contributed by atoms with Gasteiger partial charge < -0.3 is 5.32 Å². The van der Waals surface area contributed by atoms with Crippen molar-refractivity contribution in [1.82, 2.24) is 15.2 Å². The van der Waals surface area contributed by atoms with E-state index in [9.17, 15) is 10.1 Å². The first kappa shape index (κ1) is 21.0. The van der Waals surface area contributed by atoms with Crippen molar-refractivity contribution < 1.29 is 4.79 Å². The Morgan fingerprint density at radius 3 is 2.65 bits per heavy atom. The summed E-state index contributed by atoms with van der Waals surface area (Å²) in [4.78, 5) is 19.0. The number of halogens is 1. The molecule has 156 valence electrons. The summed E-state index contributed by atoms with van der Waals surface area (Å²) in [6, 6.07) is 19.6.